The maximum Gasteiger partial charge on any atom is 0.339 e. The number of hydrogen-bond donors (Lipinski definition) is 0. The van der Waals surface area contributed by atoms with Crippen LogP contribution >= 0.6 is 0 Å². The van der Waals surface area contributed by atoms with E-state index in [0.29, 0.717) is 0 Å². The predicted octanol–water partition coefficient (Wildman–Crippen LogP) is 2.68. The van der Waals surface area contributed by atoms with Gasteiger partial charge in [-0.1, -0.05) is 0 Å². The summed E-state index contributed by atoms with van der Waals surface area (Å²) < 4.78 is 35.3. The van der Waals surface area contributed by atoms with E-state index >= 15 is 0 Å². The van der Waals surface area contributed by atoms with Gasteiger partial charge in [0.15, 0.2) is 0 Å². The predicted molar refractivity (Wildman–Crippen MR) is 58.6 cm³/mol. The first-order valence-corrected chi connectivity index (χ1v) is 5.13. The second kappa shape index (κ2) is 5.96. The van der Waals surface area contributed by atoms with Gasteiger partial charge in [0, 0.05) is 0 Å². The van der Waals surface area contributed by atoms with Gasteiger partial charge >= 0.3 is 5.97 Å². The Bertz CT molecular complexity index is 495. The highest BCUT2D eigenvalue weighted by Crippen LogP contribution is 2.34. The third kappa shape index (κ3) is 2.56. The Balaban J connectivity index is 3.44. The zero-order valence-electron chi connectivity index (χ0n) is 9.87. The molecule has 4 nitrogen and oxygen atoms in total. The number of ether oxygens (including phenoxy) is 2. The van der Waals surface area contributed by atoms with E-state index in [0.717, 1.165) is 0 Å². The second-order valence-corrected chi connectivity index (χ2v) is 3.24. The minimum Gasteiger partial charge on any atom is -0.496 e. The lowest BCUT2D eigenvalue weighted by Gasteiger charge is -2.12. The molecule has 0 heterocycles. The summed E-state index contributed by atoms with van der Waals surface area (Å²) in [5.41, 5.74) is -1.19. The number of halogens is 2. The number of carbonyl (C=O) groups excluding carboxylic acids is 1. The standard InChI is InChI=1S/C12H11F2NO3/c1-3-18-12(16)7-4-5-9(17-2)10(11(13)14)8(7)6-15/h4-5,11H,3H2,1-2H3. The Hall–Kier alpha value is -2.16. The molecule has 1 aromatic rings. The van der Waals surface area contributed by atoms with Gasteiger partial charge in [-0.15, -0.1) is 0 Å². The van der Waals surface area contributed by atoms with Gasteiger partial charge in [0.1, 0.15) is 11.8 Å². The Kier molecular flexibility index (Phi) is 4.60. The second-order valence-electron chi connectivity index (χ2n) is 3.24. The van der Waals surface area contributed by atoms with Crippen LogP contribution < -0.4 is 4.74 Å². The van der Waals surface area contributed by atoms with Gasteiger partial charge in [-0.3, -0.25) is 0 Å². The molecule has 6 heteroatoms. The average Bonchev–Trinajstić information content (AvgIpc) is 2.36. The van der Waals surface area contributed by atoms with Crippen molar-refractivity contribution in [2.24, 2.45) is 0 Å². The van der Waals surface area contributed by atoms with Crippen molar-refractivity contribution in [1.82, 2.24) is 0 Å². The molecule has 0 bridgehead atoms. The lowest BCUT2D eigenvalue weighted by atomic mass is 10.0. The van der Waals surface area contributed by atoms with Crippen LogP contribution in [0.4, 0.5) is 8.78 Å². The van der Waals surface area contributed by atoms with Gasteiger partial charge in [0.25, 0.3) is 6.43 Å². The van der Waals surface area contributed by atoms with Crippen LogP contribution in [0.3, 0.4) is 0 Å². The fraction of sp³-hybridized carbons (Fsp3) is 0.333. The summed E-state index contributed by atoms with van der Waals surface area (Å²) in [5, 5.41) is 8.94. The third-order valence-electron chi connectivity index (χ3n) is 2.25. The van der Waals surface area contributed by atoms with Crippen LogP contribution in [0.25, 0.3) is 0 Å². The van der Waals surface area contributed by atoms with E-state index in [1.54, 1.807) is 13.0 Å². The molecule has 0 fully saturated rings. The quantitative estimate of drug-likeness (QED) is 0.776. The number of hydrogen-bond acceptors (Lipinski definition) is 4. The molecule has 1 rings (SSSR count). The first-order chi connectivity index (χ1) is 8.56. The number of carbonyl (C=O) groups is 1. The fourth-order valence-electron chi connectivity index (χ4n) is 1.49. The van der Waals surface area contributed by atoms with E-state index in [2.05, 4.69) is 0 Å². The minimum atomic E-state index is -2.91. The van der Waals surface area contributed by atoms with Crippen molar-refractivity contribution in [3.63, 3.8) is 0 Å². The van der Waals surface area contributed by atoms with Crippen molar-refractivity contribution in [3.05, 3.63) is 28.8 Å². The third-order valence-corrected chi connectivity index (χ3v) is 2.25. The molecular weight excluding hydrogens is 244 g/mol. The molecule has 0 aliphatic rings. The molecule has 96 valence electrons. The van der Waals surface area contributed by atoms with E-state index in [-0.39, 0.29) is 17.9 Å². The van der Waals surface area contributed by atoms with Gasteiger partial charge in [-0.2, -0.15) is 5.26 Å². The summed E-state index contributed by atoms with van der Waals surface area (Å²) in [4.78, 5) is 11.5. The average molecular weight is 255 g/mol. The fourth-order valence-corrected chi connectivity index (χ4v) is 1.49. The van der Waals surface area contributed by atoms with Crippen LogP contribution in [0.15, 0.2) is 12.1 Å². The molecule has 0 N–H and O–H groups in total. The van der Waals surface area contributed by atoms with E-state index in [1.165, 1.54) is 19.2 Å². The number of esters is 1. The summed E-state index contributed by atoms with van der Waals surface area (Å²) in [6, 6.07) is 4.05. The highest BCUT2D eigenvalue weighted by molar-refractivity contribution is 5.93. The lowest BCUT2D eigenvalue weighted by molar-refractivity contribution is 0.0525. The van der Waals surface area contributed by atoms with Gasteiger partial charge in [0.05, 0.1) is 30.4 Å². The van der Waals surface area contributed by atoms with Crippen molar-refractivity contribution in [1.29, 1.82) is 5.26 Å². The molecule has 0 spiro atoms. The van der Waals surface area contributed by atoms with Gasteiger partial charge in [-0.25, -0.2) is 13.6 Å². The van der Waals surface area contributed by atoms with Crippen LogP contribution in [-0.4, -0.2) is 19.7 Å². The van der Waals surface area contributed by atoms with E-state index < -0.39 is 23.5 Å². The lowest BCUT2D eigenvalue weighted by Crippen LogP contribution is -2.10. The molecule has 18 heavy (non-hydrogen) atoms. The van der Waals surface area contributed by atoms with Crippen molar-refractivity contribution in [2.45, 2.75) is 13.3 Å². The first-order valence-electron chi connectivity index (χ1n) is 5.13. The molecule has 0 unspecified atom stereocenters. The Morgan fingerprint density at radius 1 is 1.50 bits per heavy atom. The van der Waals surface area contributed by atoms with Crippen molar-refractivity contribution in [3.8, 4) is 11.8 Å². The summed E-state index contributed by atoms with van der Waals surface area (Å²) in [7, 11) is 1.21. The van der Waals surface area contributed by atoms with Crippen LogP contribution in [0, 0.1) is 11.3 Å². The SMILES string of the molecule is CCOC(=O)c1ccc(OC)c(C(F)F)c1C#N. The van der Waals surface area contributed by atoms with E-state index in [4.69, 9.17) is 14.7 Å². The van der Waals surface area contributed by atoms with Crippen molar-refractivity contribution >= 4 is 5.97 Å². The first kappa shape index (κ1) is 13.9. The summed E-state index contributed by atoms with van der Waals surface area (Å²) in [6.07, 6.45) is -2.91. The molecule has 0 aromatic heterocycles. The number of nitrogens with zero attached hydrogens (tertiary/aromatic N) is 1. The van der Waals surface area contributed by atoms with Crippen molar-refractivity contribution in [2.75, 3.05) is 13.7 Å². The van der Waals surface area contributed by atoms with Gasteiger partial charge < -0.3 is 9.47 Å². The topological polar surface area (TPSA) is 59.3 Å². The minimum absolute atomic E-state index is 0.0970. The monoisotopic (exact) mass is 255 g/mol. The summed E-state index contributed by atoms with van der Waals surface area (Å²) in [5.74, 6) is -0.937. The molecular formula is C12H11F2NO3. The normalized spacial score (nSPS) is 10.0. The molecule has 1 aromatic carbocycles. The Labute approximate surface area is 103 Å². The Morgan fingerprint density at radius 2 is 2.17 bits per heavy atom. The number of nitriles is 1. The smallest absolute Gasteiger partial charge is 0.339 e. The van der Waals surface area contributed by atoms with Crippen molar-refractivity contribution < 1.29 is 23.0 Å². The largest absolute Gasteiger partial charge is 0.496 e. The molecule has 0 radical (unpaired) electrons. The van der Waals surface area contributed by atoms with E-state index in [1.807, 2.05) is 0 Å². The summed E-state index contributed by atoms with van der Waals surface area (Å²) in [6.45, 7) is 1.68. The van der Waals surface area contributed by atoms with E-state index in [9.17, 15) is 13.6 Å². The zero-order chi connectivity index (χ0) is 13.7. The van der Waals surface area contributed by atoms with Crippen LogP contribution in [0.5, 0.6) is 5.75 Å². The number of benzene rings is 1. The number of rotatable bonds is 4. The maximum atomic E-state index is 12.9. The molecule has 0 saturated heterocycles. The van der Waals surface area contributed by atoms with Crippen LogP contribution in [-0.2, 0) is 4.74 Å². The maximum absolute atomic E-state index is 12.9. The van der Waals surface area contributed by atoms with Gasteiger partial charge in [0.2, 0.25) is 0 Å². The molecule has 0 saturated carbocycles. The molecule has 0 amide bonds. The molecule has 0 aliphatic carbocycles. The molecule has 0 aliphatic heterocycles. The Morgan fingerprint density at radius 3 is 2.61 bits per heavy atom. The summed E-state index contributed by atoms with van der Waals surface area (Å²) >= 11 is 0. The molecule has 0 atom stereocenters. The van der Waals surface area contributed by atoms with Gasteiger partial charge in [-0.05, 0) is 19.1 Å². The highest BCUT2D eigenvalue weighted by Gasteiger charge is 2.25. The van der Waals surface area contributed by atoms with Crippen LogP contribution in [0.2, 0.25) is 0 Å². The number of methoxy groups -OCH3 is 1. The number of alkyl halides is 2. The highest BCUT2D eigenvalue weighted by atomic mass is 19.3. The van der Waals surface area contributed by atoms with Crippen LogP contribution in [0.1, 0.15) is 34.8 Å². The zero-order valence-corrected chi connectivity index (χ0v) is 9.87.